The van der Waals surface area contributed by atoms with Gasteiger partial charge in [-0.15, -0.1) is 17.5 Å². The first-order valence-electron chi connectivity index (χ1n) is 5.83. The van der Waals surface area contributed by atoms with Gasteiger partial charge >= 0.3 is 0 Å². The topological polar surface area (TPSA) is 127 Å². The van der Waals surface area contributed by atoms with Gasteiger partial charge < -0.3 is 30.4 Å². The quantitative estimate of drug-likeness (QED) is 0.563. The Morgan fingerprint density at radius 3 is 2.75 bits per heavy atom. The van der Waals surface area contributed by atoms with Crippen LogP contribution in [0.15, 0.2) is 18.5 Å². The molecule has 0 spiro atoms. The summed E-state index contributed by atoms with van der Waals surface area (Å²) in [5.74, 6) is 0.281. The highest BCUT2D eigenvalue weighted by atomic mass is 35.5. The highest BCUT2D eigenvalue weighted by Gasteiger charge is 2.43. The molecule has 3 rings (SSSR count). The normalized spacial score (nSPS) is 29.6. The van der Waals surface area contributed by atoms with Crippen molar-refractivity contribution in [1.29, 1.82) is 0 Å². The SMILES string of the molecule is Cl.Nc1nncc2c1ccn2[C@@H]1O[C@H](CO)[C@@H](O)[C@H]1O. The summed E-state index contributed by atoms with van der Waals surface area (Å²) in [6.07, 6.45) is -0.717. The summed E-state index contributed by atoms with van der Waals surface area (Å²) in [6.45, 7) is -0.365. The van der Waals surface area contributed by atoms with E-state index in [1.54, 1.807) is 16.8 Å². The molecule has 0 bridgehead atoms. The maximum atomic E-state index is 9.99. The summed E-state index contributed by atoms with van der Waals surface area (Å²) in [7, 11) is 0. The molecule has 1 fully saturated rings. The number of hydrogen-bond acceptors (Lipinski definition) is 7. The number of fused-ring (bicyclic) bond motifs is 1. The Morgan fingerprint density at radius 2 is 2.10 bits per heavy atom. The van der Waals surface area contributed by atoms with Crippen molar-refractivity contribution in [2.75, 3.05) is 12.3 Å². The van der Waals surface area contributed by atoms with Gasteiger partial charge in [0.05, 0.1) is 18.3 Å². The average Bonchev–Trinajstić information content (AvgIpc) is 2.94. The van der Waals surface area contributed by atoms with E-state index in [0.717, 1.165) is 0 Å². The molecule has 8 nitrogen and oxygen atoms in total. The largest absolute Gasteiger partial charge is 0.394 e. The number of halogens is 1. The molecule has 0 aliphatic carbocycles. The van der Waals surface area contributed by atoms with Crippen LogP contribution in [0.5, 0.6) is 0 Å². The number of nitrogens with zero attached hydrogens (tertiary/aromatic N) is 3. The van der Waals surface area contributed by atoms with Gasteiger partial charge in [-0.2, -0.15) is 5.10 Å². The van der Waals surface area contributed by atoms with Crippen LogP contribution in [-0.4, -0.2) is 55.0 Å². The van der Waals surface area contributed by atoms with Crippen LogP contribution in [0.4, 0.5) is 5.82 Å². The summed E-state index contributed by atoms with van der Waals surface area (Å²) in [5, 5.41) is 37.0. The standard InChI is InChI=1S/C11H14N4O4.ClH/c12-10-5-1-2-15(6(5)3-13-14-10)11-9(18)8(17)7(4-16)19-11;/h1-3,7-9,11,16-18H,4H2,(H2,12,14);1H/t7-,8-,9-,11-;/m1./s1. The molecular formula is C11H15ClN4O4. The Balaban J connectivity index is 0.00000147. The smallest absolute Gasteiger partial charge is 0.163 e. The van der Waals surface area contributed by atoms with E-state index in [0.29, 0.717) is 10.9 Å². The molecule has 0 radical (unpaired) electrons. The van der Waals surface area contributed by atoms with E-state index >= 15 is 0 Å². The fourth-order valence-corrected chi connectivity index (χ4v) is 2.34. The second kappa shape index (κ2) is 5.51. The third-order valence-electron chi connectivity index (χ3n) is 3.37. The third kappa shape index (κ3) is 2.11. The predicted octanol–water partition coefficient (Wildman–Crippen LogP) is -0.953. The van der Waals surface area contributed by atoms with E-state index < -0.39 is 24.5 Å². The summed E-state index contributed by atoms with van der Waals surface area (Å²) < 4.78 is 7.07. The summed E-state index contributed by atoms with van der Waals surface area (Å²) >= 11 is 0. The maximum Gasteiger partial charge on any atom is 0.163 e. The second-order valence-corrected chi connectivity index (χ2v) is 4.48. The molecule has 0 saturated carbocycles. The van der Waals surface area contributed by atoms with Crippen LogP contribution < -0.4 is 5.73 Å². The van der Waals surface area contributed by atoms with Gasteiger partial charge in [-0.25, -0.2) is 0 Å². The van der Waals surface area contributed by atoms with Gasteiger partial charge in [0.25, 0.3) is 0 Å². The lowest BCUT2D eigenvalue weighted by atomic mass is 10.1. The molecule has 3 heterocycles. The molecule has 9 heteroatoms. The van der Waals surface area contributed by atoms with E-state index in [4.69, 9.17) is 15.6 Å². The number of aliphatic hydroxyl groups is 3. The van der Waals surface area contributed by atoms with Crippen molar-refractivity contribution in [2.45, 2.75) is 24.5 Å². The zero-order valence-corrected chi connectivity index (χ0v) is 11.1. The van der Waals surface area contributed by atoms with Crippen molar-refractivity contribution < 1.29 is 20.1 Å². The molecule has 1 aliphatic heterocycles. The third-order valence-corrected chi connectivity index (χ3v) is 3.37. The van der Waals surface area contributed by atoms with Crippen molar-refractivity contribution >= 4 is 29.1 Å². The first-order valence-corrected chi connectivity index (χ1v) is 5.83. The number of rotatable bonds is 2. The summed E-state index contributed by atoms with van der Waals surface area (Å²) in [4.78, 5) is 0. The van der Waals surface area contributed by atoms with E-state index in [1.165, 1.54) is 6.20 Å². The Morgan fingerprint density at radius 1 is 1.35 bits per heavy atom. The van der Waals surface area contributed by atoms with Crippen LogP contribution in [0.1, 0.15) is 6.23 Å². The molecule has 5 N–H and O–H groups in total. The monoisotopic (exact) mass is 302 g/mol. The molecule has 110 valence electrons. The van der Waals surface area contributed by atoms with Gasteiger partial charge in [0.2, 0.25) is 0 Å². The number of nitrogen functional groups attached to an aromatic ring is 1. The Labute approximate surface area is 120 Å². The number of aliphatic hydroxyl groups excluding tert-OH is 3. The molecule has 4 atom stereocenters. The molecule has 1 saturated heterocycles. The van der Waals surface area contributed by atoms with Crippen LogP contribution in [0, 0.1) is 0 Å². The molecule has 0 unspecified atom stereocenters. The minimum Gasteiger partial charge on any atom is -0.394 e. The van der Waals surface area contributed by atoms with Crippen LogP contribution in [-0.2, 0) is 4.74 Å². The van der Waals surface area contributed by atoms with Crippen molar-refractivity contribution in [3.05, 3.63) is 18.5 Å². The lowest BCUT2D eigenvalue weighted by Crippen LogP contribution is -2.33. The van der Waals surface area contributed by atoms with Gasteiger partial charge in [0, 0.05) is 11.6 Å². The zero-order valence-electron chi connectivity index (χ0n) is 10.3. The Bertz CT molecular complexity index is 607. The minimum atomic E-state index is -1.14. The van der Waals surface area contributed by atoms with Crippen molar-refractivity contribution in [2.24, 2.45) is 0 Å². The lowest BCUT2D eigenvalue weighted by molar-refractivity contribution is -0.0506. The van der Waals surface area contributed by atoms with Gasteiger partial charge in [0.15, 0.2) is 12.0 Å². The van der Waals surface area contributed by atoms with Gasteiger partial charge in [-0.05, 0) is 6.07 Å². The van der Waals surface area contributed by atoms with Crippen molar-refractivity contribution in [3.63, 3.8) is 0 Å². The fraction of sp³-hybridized carbons (Fsp3) is 0.455. The number of anilines is 1. The van der Waals surface area contributed by atoms with Crippen molar-refractivity contribution in [3.8, 4) is 0 Å². The Hall–Kier alpha value is -1.45. The first-order chi connectivity index (χ1) is 9.13. The van der Waals surface area contributed by atoms with Crippen LogP contribution >= 0.6 is 12.4 Å². The van der Waals surface area contributed by atoms with E-state index in [9.17, 15) is 10.2 Å². The molecule has 20 heavy (non-hydrogen) atoms. The number of aromatic nitrogens is 3. The molecule has 1 aliphatic rings. The Kier molecular flexibility index (Phi) is 4.11. The van der Waals surface area contributed by atoms with E-state index in [2.05, 4.69) is 10.2 Å². The van der Waals surface area contributed by atoms with E-state index in [1.807, 2.05) is 0 Å². The lowest BCUT2D eigenvalue weighted by Gasteiger charge is -2.17. The van der Waals surface area contributed by atoms with Crippen LogP contribution in [0.3, 0.4) is 0 Å². The maximum absolute atomic E-state index is 9.99. The van der Waals surface area contributed by atoms with Gasteiger partial charge in [-0.1, -0.05) is 0 Å². The molecule has 2 aromatic rings. The highest BCUT2D eigenvalue weighted by molar-refractivity contribution is 5.88. The summed E-state index contributed by atoms with van der Waals surface area (Å²) in [5.41, 5.74) is 6.35. The fourth-order valence-electron chi connectivity index (χ4n) is 2.34. The number of nitrogens with two attached hydrogens (primary N) is 1. The first kappa shape index (κ1) is 14.9. The number of ether oxygens (including phenoxy) is 1. The second-order valence-electron chi connectivity index (χ2n) is 4.48. The molecular weight excluding hydrogens is 288 g/mol. The molecule has 0 amide bonds. The summed E-state index contributed by atoms with van der Waals surface area (Å²) in [6, 6.07) is 1.73. The number of hydrogen-bond donors (Lipinski definition) is 4. The van der Waals surface area contributed by atoms with Crippen molar-refractivity contribution in [1.82, 2.24) is 14.8 Å². The van der Waals surface area contributed by atoms with Crippen LogP contribution in [0.25, 0.3) is 10.9 Å². The van der Waals surface area contributed by atoms with Gasteiger partial charge in [0.1, 0.15) is 18.3 Å². The van der Waals surface area contributed by atoms with E-state index in [-0.39, 0.29) is 24.8 Å². The average molecular weight is 303 g/mol. The predicted molar refractivity (Wildman–Crippen MR) is 72.2 cm³/mol. The zero-order chi connectivity index (χ0) is 13.6. The molecule has 2 aromatic heterocycles. The van der Waals surface area contributed by atoms with Gasteiger partial charge in [-0.3, -0.25) is 0 Å². The minimum absolute atomic E-state index is 0. The highest BCUT2D eigenvalue weighted by Crippen LogP contribution is 2.32. The molecule has 0 aromatic carbocycles. The van der Waals surface area contributed by atoms with Crippen LogP contribution in [0.2, 0.25) is 0 Å².